The summed E-state index contributed by atoms with van der Waals surface area (Å²) in [6.07, 6.45) is 4.93. The monoisotopic (exact) mass is 314 g/mol. The molecule has 1 aliphatic rings. The number of anilines is 1. The average molecular weight is 315 g/mol. The molecule has 22 heavy (non-hydrogen) atoms. The van der Waals surface area contributed by atoms with Crippen LogP contribution in [0.3, 0.4) is 0 Å². The van der Waals surface area contributed by atoms with Crippen molar-refractivity contribution in [2.24, 2.45) is 0 Å². The number of benzene rings is 1. The van der Waals surface area contributed by atoms with Crippen LogP contribution in [0.25, 0.3) is 0 Å². The van der Waals surface area contributed by atoms with Crippen molar-refractivity contribution < 1.29 is 4.79 Å². The zero-order chi connectivity index (χ0) is 15.5. The van der Waals surface area contributed by atoms with Crippen molar-refractivity contribution in [2.45, 2.75) is 32.6 Å². The zero-order valence-corrected chi connectivity index (χ0v) is 13.4. The fourth-order valence-electron chi connectivity index (χ4n) is 2.83. The predicted octanol–water partition coefficient (Wildman–Crippen LogP) is 3.96. The van der Waals surface area contributed by atoms with Gasteiger partial charge in [-0.15, -0.1) is 0 Å². The quantitative estimate of drug-likeness (QED) is 0.859. The Hall–Kier alpha value is -1.87. The lowest BCUT2D eigenvalue weighted by Gasteiger charge is -2.28. The van der Waals surface area contributed by atoms with Crippen LogP contribution < -0.4 is 4.90 Å². The Labute approximate surface area is 135 Å². The highest BCUT2D eigenvalue weighted by atomic mass is 35.5. The first-order chi connectivity index (χ1) is 10.6. The molecule has 0 bridgehead atoms. The van der Waals surface area contributed by atoms with Gasteiger partial charge in [0, 0.05) is 24.2 Å². The lowest BCUT2D eigenvalue weighted by molar-refractivity contribution is -0.118. The fourth-order valence-corrected chi connectivity index (χ4v) is 3.03. The third-order valence-electron chi connectivity index (χ3n) is 4.12. The van der Waals surface area contributed by atoms with Crippen molar-refractivity contribution in [1.29, 1.82) is 0 Å². The topological polar surface area (TPSA) is 33.2 Å². The molecular formula is C18H19ClN2O. The number of hydrogen-bond acceptors (Lipinski definition) is 2. The van der Waals surface area contributed by atoms with E-state index in [2.05, 4.69) is 4.98 Å². The van der Waals surface area contributed by atoms with Crippen LogP contribution in [0.5, 0.6) is 0 Å². The van der Waals surface area contributed by atoms with Crippen molar-refractivity contribution >= 4 is 23.2 Å². The van der Waals surface area contributed by atoms with E-state index in [4.69, 9.17) is 11.6 Å². The maximum Gasteiger partial charge on any atom is 0.227 e. The maximum absolute atomic E-state index is 12.6. The Morgan fingerprint density at radius 2 is 2.23 bits per heavy atom. The number of carbonyl (C=O) groups excluding carboxylic acids is 1. The molecule has 0 spiro atoms. The van der Waals surface area contributed by atoms with Gasteiger partial charge in [-0.25, -0.2) is 0 Å². The highest BCUT2D eigenvalue weighted by Gasteiger charge is 2.22. The minimum absolute atomic E-state index is 0.158. The van der Waals surface area contributed by atoms with E-state index in [1.54, 1.807) is 6.20 Å². The summed E-state index contributed by atoms with van der Waals surface area (Å²) in [6.45, 7) is 2.76. The molecule has 4 heteroatoms. The third kappa shape index (κ3) is 3.14. The van der Waals surface area contributed by atoms with Crippen LogP contribution in [0.4, 0.5) is 5.69 Å². The van der Waals surface area contributed by atoms with Gasteiger partial charge in [0.15, 0.2) is 0 Å². The van der Waals surface area contributed by atoms with Gasteiger partial charge in [0.05, 0.1) is 11.4 Å². The van der Waals surface area contributed by atoms with Crippen molar-refractivity contribution in [3.63, 3.8) is 0 Å². The second-order valence-corrected chi connectivity index (χ2v) is 6.11. The average Bonchev–Trinajstić information content (AvgIpc) is 2.55. The van der Waals surface area contributed by atoms with E-state index in [0.29, 0.717) is 12.8 Å². The van der Waals surface area contributed by atoms with E-state index in [0.717, 1.165) is 46.9 Å². The van der Waals surface area contributed by atoms with Crippen LogP contribution in [0.1, 0.15) is 29.7 Å². The maximum atomic E-state index is 12.6. The van der Waals surface area contributed by atoms with E-state index in [-0.39, 0.29) is 5.91 Å². The van der Waals surface area contributed by atoms with Crippen molar-refractivity contribution in [1.82, 2.24) is 4.98 Å². The molecule has 0 saturated heterocycles. The number of amides is 1. The number of aromatic nitrogens is 1. The summed E-state index contributed by atoms with van der Waals surface area (Å²) >= 11 is 6.14. The zero-order valence-electron chi connectivity index (χ0n) is 12.7. The van der Waals surface area contributed by atoms with Gasteiger partial charge in [0.1, 0.15) is 0 Å². The number of fused-ring (bicyclic) bond motifs is 1. The van der Waals surface area contributed by atoms with E-state index in [9.17, 15) is 4.79 Å². The molecular weight excluding hydrogens is 296 g/mol. The molecule has 0 atom stereocenters. The number of pyridine rings is 1. The highest BCUT2D eigenvalue weighted by molar-refractivity contribution is 6.31. The number of aryl methyl sites for hydroxylation is 3. The summed E-state index contributed by atoms with van der Waals surface area (Å²) in [7, 11) is 0. The molecule has 114 valence electrons. The van der Waals surface area contributed by atoms with Gasteiger partial charge in [-0.2, -0.15) is 0 Å². The molecule has 3 nitrogen and oxygen atoms in total. The molecule has 1 amide bonds. The van der Waals surface area contributed by atoms with E-state index >= 15 is 0 Å². The van der Waals surface area contributed by atoms with Crippen LogP contribution in [-0.4, -0.2) is 17.4 Å². The summed E-state index contributed by atoms with van der Waals surface area (Å²) < 4.78 is 0. The van der Waals surface area contributed by atoms with Gasteiger partial charge in [-0.3, -0.25) is 9.78 Å². The minimum Gasteiger partial charge on any atom is -0.311 e. The summed E-state index contributed by atoms with van der Waals surface area (Å²) in [5, 5.41) is 0.762. The summed E-state index contributed by atoms with van der Waals surface area (Å²) in [5.41, 5.74) is 4.17. The number of hydrogen-bond donors (Lipinski definition) is 0. The molecule has 0 unspecified atom stereocenters. The fraction of sp³-hybridized carbons (Fsp3) is 0.333. The molecule has 1 aromatic carbocycles. The van der Waals surface area contributed by atoms with E-state index in [1.807, 2.05) is 42.2 Å². The van der Waals surface area contributed by atoms with Gasteiger partial charge in [0.25, 0.3) is 0 Å². The number of carbonyl (C=O) groups is 1. The summed E-state index contributed by atoms with van der Waals surface area (Å²) in [4.78, 5) is 18.8. The lowest BCUT2D eigenvalue weighted by Crippen LogP contribution is -2.35. The molecule has 2 aromatic rings. The smallest absolute Gasteiger partial charge is 0.227 e. The Bertz CT molecular complexity index is 699. The van der Waals surface area contributed by atoms with Crippen molar-refractivity contribution in [3.8, 4) is 0 Å². The van der Waals surface area contributed by atoms with Gasteiger partial charge in [-0.1, -0.05) is 23.7 Å². The third-order valence-corrected chi connectivity index (χ3v) is 4.52. The van der Waals surface area contributed by atoms with Crippen molar-refractivity contribution in [2.75, 3.05) is 11.4 Å². The largest absolute Gasteiger partial charge is 0.311 e. The predicted molar refractivity (Wildman–Crippen MR) is 89.4 cm³/mol. The second kappa shape index (κ2) is 6.49. The molecule has 1 aliphatic heterocycles. The van der Waals surface area contributed by atoms with Gasteiger partial charge < -0.3 is 4.90 Å². The SMILES string of the molecule is Cc1ccc(CCC(=O)N2CCCc3ncccc32)cc1Cl. The number of halogens is 1. The van der Waals surface area contributed by atoms with E-state index in [1.165, 1.54) is 0 Å². The normalized spacial score (nSPS) is 13.8. The standard InChI is InChI=1S/C18H19ClN2O/c1-13-6-7-14(12-15(13)19)8-9-18(22)21-11-3-4-16-17(21)5-2-10-20-16/h2,5-7,10,12H,3-4,8-9,11H2,1H3. The van der Waals surface area contributed by atoms with Crippen LogP contribution in [-0.2, 0) is 17.6 Å². The minimum atomic E-state index is 0.158. The molecule has 0 fully saturated rings. The first-order valence-electron chi connectivity index (χ1n) is 7.64. The number of nitrogens with zero attached hydrogens (tertiary/aromatic N) is 2. The Morgan fingerprint density at radius 3 is 3.05 bits per heavy atom. The molecule has 2 heterocycles. The number of rotatable bonds is 3. The van der Waals surface area contributed by atoms with Gasteiger partial charge in [0.2, 0.25) is 5.91 Å². The Balaban J connectivity index is 1.69. The van der Waals surface area contributed by atoms with Crippen LogP contribution >= 0.6 is 11.6 Å². The summed E-state index contributed by atoms with van der Waals surface area (Å²) in [5.74, 6) is 0.158. The molecule has 0 radical (unpaired) electrons. The highest BCUT2D eigenvalue weighted by Crippen LogP contribution is 2.26. The Kier molecular flexibility index (Phi) is 4.44. The van der Waals surface area contributed by atoms with Crippen LogP contribution in [0, 0.1) is 6.92 Å². The second-order valence-electron chi connectivity index (χ2n) is 5.70. The first-order valence-corrected chi connectivity index (χ1v) is 8.02. The molecule has 1 aromatic heterocycles. The first kappa shape index (κ1) is 15.0. The van der Waals surface area contributed by atoms with Gasteiger partial charge >= 0.3 is 0 Å². The molecule has 0 N–H and O–H groups in total. The molecule has 3 rings (SSSR count). The molecule has 0 saturated carbocycles. The van der Waals surface area contributed by atoms with E-state index < -0.39 is 0 Å². The van der Waals surface area contributed by atoms with Crippen LogP contribution in [0.15, 0.2) is 36.5 Å². The molecule has 0 aliphatic carbocycles. The van der Waals surface area contributed by atoms with Gasteiger partial charge in [-0.05, 0) is 55.5 Å². The lowest BCUT2D eigenvalue weighted by atomic mass is 10.0. The van der Waals surface area contributed by atoms with Crippen LogP contribution in [0.2, 0.25) is 5.02 Å². The summed E-state index contributed by atoms with van der Waals surface area (Å²) in [6, 6.07) is 9.88. The Morgan fingerprint density at radius 1 is 1.36 bits per heavy atom. The van der Waals surface area contributed by atoms with Crippen molar-refractivity contribution in [3.05, 3.63) is 58.4 Å².